The zero-order chi connectivity index (χ0) is 17.9. The fourth-order valence-corrected chi connectivity index (χ4v) is 3.71. The Morgan fingerprint density at radius 1 is 0.960 bits per heavy atom. The van der Waals surface area contributed by atoms with Crippen LogP contribution in [0.3, 0.4) is 0 Å². The maximum absolute atomic E-state index is 12.8. The third-order valence-electron chi connectivity index (χ3n) is 5.06. The van der Waals surface area contributed by atoms with E-state index in [1.807, 2.05) is 0 Å². The van der Waals surface area contributed by atoms with E-state index in [0.717, 1.165) is 0 Å². The molecule has 1 unspecified atom stereocenters. The molecule has 0 saturated carbocycles. The number of ketones is 2. The maximum atomic E-state index is 12.8. The number of aliphatic hydroxyl groups is 1. The van der Waals surface area contributed by atoms with E-state index in [2.05, 4.69) is 5.92 Å². The monoisotopic (exact) mass is 334 g/mol. The van der Waals surface area contributed by atoms with E-state index in [0.29, 0.717) is 5.56 Å². The Bertz CT molecular complexity index is 1010. The normalized spacial score (nSPS) is 21.1. The molecule has 5 heteroatoms. The number of phenols is 2. The van der Waals surface area contributed by atoms with Crippen molar-refractivity contribution < 1.29 is 24.9 Å². The Kier molecular flexibility index (Phi) is 3.05. The molecule has 124 valence electrons. The zero-order valence-corrected chi connectivity index (χ0v) is 13.2. The quantitative estimate of drug-likeness (QED) is 0.430. The molecular weight excluding hydrogens is 320 g/mol. The summed E-state index contributed by atoms with van der Waals surface area (Å²) in [5, 5.41) is 31.7. The number of aromatic hydroxyl groups is 2. The first-order valence-electron chi connectivity index (χ1n) is 7.86. The third-order valence-corrected chi connectivity index (χ3v) is 5.06. The molecule has 5 nitrogen and oxygen atoms in total. The highest BCUT2D eigenvalue weighted by atomic mass is 16.3. The van der Waals surface area contributed by atoms with Gasteiger partial charge in [0.2, 0.25) is 0 Å². The predicted octanol–water partition coefficient (Wildman–Crippen LogP) is 1.73. The first-order chi connectivity index (χ1) is 11.9. The van der Waals surface area contributed by atoms with Gasteiger partial charge in [-0.05, 0) is 12.8 Å². The van der Waals surface area contributed by atoms with Gasteiger partial charge in [-0.25, -0.2) is 0 Å². The van der Waals surface area contributed by atoms with E-state index in [1.54, 1.807) is 12.1 Å². The summed E-state index contributed by atoms with van der Waals surface area (Å²) in [4.78, 5) is 25.6. The minimum absolute atomic E-state index is 0.0887. The van der Waals surface area contributed by atoms with E-state index >= 15 is 0 Å². The first kappa shape index (κ1) is 15.4. The van der Waals surface area contributed by atoms with Crippen LogP contribution in [-0.2, 0) is 12.8 Å². The summed E-state index contributed by atoms with van der Waals surface area (Å²) in [6.07, 6.45) is 5.67. The molecular formula is C20H14O5. The van der Waals surface area contributed by atoms with Gasteiger partial charge in [0.1, 0.15) is 17.1 Å². The highest BCUT2D eigenvalue weighted by molar-refractivity contribution is 6.30. The largest absolute Gasteiger partial charge is 0.507 e. The lowest BCUT2D eigenvalue weighted by Crippen LogP contribution is -2.35. The van der Waals surface area contributed by atoms with E-state index in [9.17, 15) is 24.9 Å². The Morgan fingerprint density at radius 2 is 1.48 bits per heavy atom. The van der Waals surface area contributed by atoms with Crippen molar-refractivity contribution in [1.82, 2.24) is 0 Å². The number of hydrogen-bond donors (Lipinski definition) is 3. The first-order valence-corrected chi connectivity index (χ1v) is 7.86. The van der Waals surface area contributed by atoms with Gasteiger partial charge >= 0.3 is 0 Å². The van der Waals surface area contributed by atoms with Gasteiger partial charge in [-0.2, -0.15) is 0 Å². The molecule has 25 heavy (non-hydrogen) atoms. The van der Waals surface area contributed by atoms with Gasteiger partial charge in [-0.3, -0.25) is 9.59 Å². The molecule has 0 heterocycles. The maximum Gasteiger partial charge on any atom is 0.198 e. The molecule has 1 atom stereocenters. The molecule has 2 aromatic carbocycles. The van der Waals surface area contributed by atoms with Crippen LogP contribution in [0.15, 0.2) is 24.3 Å². The Hall–Kier alpha value is -3.10. The molecule has 2 aromatic rings. The Labute approximate surface area is 143 Å². The van der Waals surface area contributed by atoms with Crippen LogP contribution in [0.1, 0.15) is 49.4 Å². The van der Waals surface area contributed by atoms with E-state index in [1.165, 1.54) is 12.1 Å². The van der Waals surface area contributed by atoms with Crippen molar-refractivity contribution in [3.05, 3.63) is 57.6 Å². The number of hydrogen-bond acceptors (Lipinski definition) is 5. The summed E-state index contributed by atoms with van der Waals surface area (Å²) in [5.74, 6) is 0.566. The molecule has 0 aliphatic heterocycles. The number of carbonyl (C=O) groups is 2. The Balaban J connectivity index is 2.03. The molecule has 0 spiro atoms. The molecule has 0 radical (unpaired) electrons. The second-order valence-electron chi connectivity index (χ2n) is 6.46. The standard InChI is InChI=1S/C20H14O5/c1-2-20(25)8-7-12-13(9-20)19(24)15-14(18(12)23)16(21)10-5-3-4-6-11(10)17(15)22/h1,3-6,23-25H,7-9H2. The van der Waals surface area contributed by atoms with Crippen LogP contribution in [0.2, 0.25) is 0 Å². The van der Waals surface area contributed by atoms with Crippen molar-refractivity contribution in [1.29, 1.82) is 0 Å². The lowest BCUT2D eigenvalue weighted by atomic mass is 9.74. The minimum Gasteiger partial charge on any atom is -0.507 e. The van der Waals surface area contributed by atoms with E-state index in [-0.39, 0.29) is 58.6 Å². The van der Waals surface area contributed by atoms with Crippen molar-refractivity contribution >= 4 is 11.6 Å². The summed E-state index contributed by atoms with van der Waals surface area (Å²) in [7, 11) is 0. The molecule has 3 N–H and O–H groups in total. The van der Waals surface area contributed by atoms with Crippen molar-refractivity contribution in [3.63, 3.8) is 0 Å². The van der Waals surface area contributed by atoms with E-state index in [4.69, 9.17) is 6.42 Å². The lowest BCUT2D eigenvalue weighted by Gasteiger charge is -2.32. The fraction of sp³-hybridized carbons (Fsp3) is 0.200. The number of terminal acetylenes is 1. The van der Waals surface area contributed by atoms with Gasteiger partial charge < -0.3 is 15.3 Å². The second-order valence-corrected chi connectivity index (χ2v) is 6.46. The highest BCUT2D eigenvalue weighted by Crippen LogP contribution is 2.46. The predicted molar refractivity (Wildman–Crippen MR) is 88.9 cm³/mol. The summed E-state index contributed by atoms with van der Waals surface area (Å²) in [6.45, 7) is 0. The fourth-order valence-electron chi connectivity index (χ4n) is 3.71. The van der Waals surface area contributed by atoms with Crippen molar-refractivity contribution in [2.45, 2.75) is 24.9 Å². The smallest absolute Gasteiger partial charge is 0.198 e. The van der Waals surface area contributed by atoms with Crippen LogP contribution in [0, 0.1) is 12.3 Å². The van der Waals surface area contributed by atoms with Crippen molar-refractivity contribution in [2.24, 2.45) is 0 Å². The van der Waals surface area contributed by atoms with Gasteiger partial charge in [0, 0.05) is 28.7 Å². The molecule has 2 aliphatic carbocycles. The van der Waals surface area contributed by atoms with Crippen LogP contribution in [0.4, 0.5) is 0 Å². The van der Waals surface area contributed by atoms with Gasteiger partial charge in [0.25, 0.3) is 0 Å². The topological polar surface area (TPSA) is 94.8 Å². The van der Waals surface area contributed by atoms with Crippen molar-refractivity contribution in [3.8, 4) is 23.8 Å². The molecule has 0 fully saturated rings. The molecule has 2 aliphatic rings. The van der Waals surface area contributed by atoms with Crippen LogP contribution in [0.25, 0.3) is 0 Å². The van der Waals surface area contributed by atoms with Crippen LogP contribution < -0.4 is 0 Å². The number of fused-ring (bicyclic) bond motifs is 3. The summed E-state index contributed by atoms with van der Waals surface area (Å²) >= 11 is 0. The number of carbonyl (C=O) groups excluding carboxylic acids is 2. The average Bonchev–Trinajstić information content (AvgIpc) is 2.62. The van der Waals surface area contributed by atoms with Gasteiger partial charge in [0.05, 0.1) is 11.1 Å². The highest BCUT2D eigenvalue weighted by Gasteiger charge is 2.41. The SMILES string of the molecule is C#CC1(O)CCc2c(O)c3c(c(O)c2C1)C(=O)c1ccccc1C3=O. The number of rotatable bonds is 0. The Morgan fingerprint density at radius 3 is 2.00 bits per heavy atom. The number of phenolic OH excluding ortho intramolecular Hbond substituents is 2. The molecule has 0 amide bonds. The third kappa shape index (κ3) is 1.95. The minimum atomic E-state index is -1.45. The van der Waals surface area contributed by atoms with Gasteiger partial charge in [-0.1, -0.05) is 30.2 Å². The zero-order valence-electron chi connectivity index (χ0n) is 13.2. The number of benzene rings is 2. The second kappa shape index (κ2) is 4.95. The summed E-state index contributed by atoms with van der Waals surface area (Å²) in [5.41, 5.74) is -0.888. The lowest BCUT2D eigenvalue weighted by molar-refractivity contribution is 0.0845. The molecule has 0 bridgehead atoms. The van der Waals surface area contributed by atoms with Crippen molar-refractivity contribution in [2.75, 3.05) is 0 Å². The summed E-state index contributed by atoms with van der Waals surface area (Å²) < 4.78 is 0. The van der Waals surface area contributed by atoms with Gasteiger partial charge in [0.15, 0.2) is 11.6 Å². The van der Waals surface area contributed by atoms with Crippen LogP contribution in [-0.4, -0.2) is 32.5 Å². The van der Waals surface area contributed by atoms with Gasteiger partial charge in [-0.15, -0.1) is 6.42 Å². The molecule has 0 aromatic heterocycles. The van der Waals surface area contributed by atoms with Crippen LogP contribution >= 0.6 is 0 Å². The molecule has 0 saturated heterocycles. The van der Waals surface area contributed by atoms with Crippen LogP contribution in [0.5, 0.6) is 11.5 Å². The molecule has 4 rings (SSSR count). The summed E-state index contributed by atoms with van der Waals surface area (Å²) in [6, 6.07) is 6.29. The average molecular weight is 334 g/mol. The van der Waals surface area contributed by atoms with E-state index < -0.39 is 17.2 Å².